The first kappa shape index (κ1) is 14.5. The molecule has 0 spiro atoms. The van der Waals surface area contributed by atoms with Crippen LogP contribution in [-0.2, 0) is 0 Å². The highest BCUT2D eigenvalue weighted by Gasteiger charge is 2.16. The second-order valence-electron chi connectivity index (χ2n) is 5.94. The molecule has 1 aliphatic carbocycles. The average molecular weight is 419 g/mol. The van der Waals surface area contributed by atoms with E-state index in [0.717, 1.165) is 11.4 Å². The van der Waals surface area contributed by atoms with Crippen LogP contribution < -0.4 is 0 Å². The second-order valence-corrected chi connectivity index (χ2v) is 7.48. The number of fused-ring (bicyclic) bond motifs is 2. The Kier molecular flexibility index (Phi) is 3.87. The van der Waals surface area contributed by atoms with Gasteiger partial charge in [-0.2, -0.15) is 0 Å². The van der Waals surface area contributed by atoms with Gasteiger partial charge in [0.2, 0.25) is 0 Å². The summed E-state index contributed by atoms with van der Waals surface area (Å²) in [5.41, 5.74) is 2.68. The smallest absolute Gasteiger partial charge is 0.0570 e. The highest BCUT2D eigenvalue weighted by atomic mass is 127. The van der Waals surface area contributed by atoms with Gasteiger partial charge in [-0.15, -0.1) is 0 Å². The Morgan fingerprint density at radius 2 is 1.68 bits per heavy atom. The van der Waals surface area contributed by atoms with E-state index in [0.29, 0.717) is 0 Å². The van der Waals surface area contributed by atoms with E-state index < -0.39 is 0 Å². The summed E-state index contributed by atoms with van der Waals surface area (Å²) in [6, 6.07) is 15.2. The molecule has 0 saturated carbocycles. The van der Waals surface area contributed by atoms with E-state index in [1.165, 1.54) is 55.5 Å². The molecule has 4 rings (SSSR count). The topological polar surface area (TPSA) is 0 Å². The summed E-state index contributed by atoms with van der Waals surface area (Å²) < 4.78 is 1.26. The lowest BCUT2D eigenvalue weighted by atomic mass is 9.91. The zero-order valence-corrected chi connectivity index (χ0v) is 15.1. The van der Waals surface area contributed by atoms with Crippen molar-refractivity contribution in [3.8, 4) is 0 Å². The maximum atomic E-state index is 6.83. The van der Waals surface area contributed by atoms with Crippen molar-refractivity contribution in [2.24, 2.45) is 0 Å². The van der Waals surface area contributed by atoms with Crippen molar-refractivity contribution in [1.82, 2.24) is 0 Å². The standard InChI is InChI=1S/C20H16ClI/c21-20-17-11-15-9-5-4-8-14(15)10-16(17)12-18(22)19(20)13-6-2-1-3-7-13/h4-6,8-12H,1-3,7H2. The van der Waals surface area contributed by atoms with Crippen LogP contribution in [-0.4, -0.2) is 0 Å². The molecule has 22 heavy (non-hydrogen) atoms. The molecule has 0 heterocycles. The van der Waals surface area contributed by atoms with Gasteiger partial charge in [-0.25, -0.2) is 0 Å². The minimum Gasteiger partial charge on any atom is -0.0830 e. The van der Waals surface area contributed by atoms with Gasteiger partial charge in [0, 0.05) is 14.5 Å². The number of allylic oxidation sites excluding steroid dienone is 2. The van der Waals surface area contributed by atoms with Crippen molar-refractivity contribution in [3.63, 3.8) is 0 Å². The first-order chi connectivity index (χ1) is 10.7. The summed E-state index contributed by atoms with van der Waals surface area (Å²) in [6.45, 7) is 0. The largest absolute Gasteiger partial charge is 0.0830 e. The highest BCUT2D eigenvalue weighted by Crippen LogP contribution is 2.40. The van der Waals surface area contributed by atoms with Crippen molar-refractivity contribution in [1.29, 1.82) is 0 Å². The number of benzene rings is 3. The Morgan fingerprint density at radius 3 is 2.41 bits per heavy atom. The Bertz CT molecular complexity index is 908. The molecule has 0 nitrogen and oxygen atoms in total. The first-order valence-electron chi connectivity index (χ1n) is 7.74. The maximum Gasteiger partial charge on any atom is 0.0570 e. The normalized spacial score (nSPS) is 15.3. The lowest BCUT2D eigenvalue weighted by Gasteiger charge is -2.18. The van der Waals surface area contributed by atoms with E-state index in [-0.39, 0.29) is 0 Å². The quantitative estimate of drug-likeness (QED) is 0.289. The van der Waals surface area contributed by atoms with Crippen molar-refractivity contribution in [2.75, 3.05) is 0 Å². The zero-order chi connectivity index (χ0) is 15.1. The van der Waals surface area contributed by atoms with Gasteiger partial charge in [0.25, 0.3) is 0 Å². The van der Waals surface area contributed by atoms with E-state index >= 15 is 0 Å². The second kappa shape index (κ2) is 5.86. The van der Waals surface area contributed by atoms with Gasteiger partial charge in [0.1, 0.15) is 0 Å². The van der Waals surface area contributed by atoms with Crippen LogP contribution in [0, 0.1) is 3.57 Å². The monoisotopic (exact) mass is 418 g/mol. The molecule has 110 valence electrons. The van der Waals surface area contributed by atoms with E-state index in [4.69, 9.17) is 11.6 Å². The number of rotatable bonds is 1. The van der Waals surface area contributed by atoms with Crippen molar-refractivity contribution in [3.05, 3.63) is 62.7 Å². The molecule has 0 radical (unpaired) electrons. The van der Waals surface area contributed by atoms with E-state index in [1.54, 1.807) is 0 Å². The van der Waals surface area contributed by atoms with Gasteiger partial charge < -0.3 is 0 Å². The Hall–Kier alpha value is -1.06. The summed E-state index contributed by atoms with van der Waals surface area (Å²) in [6.07, 6.45) is 7.27. The maximum absolute atomic E-state index is 6.83. The predicted octanol–water partition coefficient (Wildman–Crippen LogP) is 7.21. The molecule has 3 aromatic rings. The van der Waals surface area contributed by atoms with Crippen molar-refractivity contribution < 1.29 is 0 Å². The third-order valence-electron chi connectivity index (χ3n) is 4.51. The molecule has 0 fully saturated rings. The molecule has 0 bridgehead atoms. The molecule has 0 aliphatic heterocycles. The third-order valence-corrected chi connectivity index (χ3v) is 5.75. The summed E-state index contributed by atoms with van der Waals surface area (Å²) in [5, 5.41) is 5.84. The van der Waals surface area contributed by atoms with Crippen LogP contribution in [0.3, 0.4) is 0 Å². The molecule has 2 heteroatoms. The molecule has 0 unspecified atom stereocenters. The highest BCUT2D eigenvalue weighted by molar-refractivity contribution is 14.1. The fraction of sp³-hybridized carbons (Fsp3) is 0.200. The minimum absolute atomic E-state index is 0.917. The van der Waals surface area contributed by atoms with Gasteiger partial charge in [0.15, 0.2) is 0 Å². The molecule has 0 saturated heterocycles. The van der Waals surface area contributed by atoms with Gasteiger partial charge in [-0.05, 0) is 88.2 Å². The molecular formula is C20H16ClI. The van der Waals surface area contributed by atoms with Crippen molar-refractivity contribution in [2.45, 2.75) is 25.7 Å². The van der Waals surface area contributed by atoms with Crippen LogP contribution in [0.4, 0.5) is 0 Å². The average Bonchev–Trinajstić information content (AvgIpc) is 2.54. The Balaban J connectivity index is 2.02. The molecule has 0 N–H and O–H groups in total. The Labute approximate surface area is 149 Å². The zero-order valence-electron chi connectivity index (χ0n) is 12.2. The van der Waals surface area contributed by atoms with Crippen LogP contribution in [0.15, 0.2) is 48.5 Å². The molecular weight excluding hydrogens is 403 g/mol. The van der Waals surface area contributed by atoms with Crippen LogP contribution in [0.1, 0.15) is 31.2 Å². The number of halogens is 2. The van der Waals surface area contributed by atoms with E-state index in [9.17, 15) is 0 Å². The van der Waals surface area contributed by atoms with Crippen molar-refractivity contribution >= 4 is 61.3 Å². The van der Waals surface area contributed by atoms with Gasteiger partial charge >= 0.3 is 0 Å². The molecule has 1 aliphatic rings. The van der Waals surface area contributed by atoms with Crippen LogP contribution in [0.25, 0.3) is 27.1 Å². The van der Waals surface area contributed by atoms with Crippen LogP contribution >= 0.6 is 34.2 Å². The fourth-order valence-electron chi connectivity index (χ4n) is 3.38. The fourth-order valence-corrected chi connectivity index (χ4v) is 4.87. The predicted molar refractivity (Wildman–Crippen MR) is 106 cm³/mol. The van der Waals surface area contributed by atoms with Gasteiger partial charge in [0.05, 0.1) is 5.02 Å². The van der Waals surface area contributed by atoms with E-state index in [2.05, 4.69) is 71.1 Å². The molecule has 0 aromatic heterocycles. The summed E-state index contributed by atoms with van der Waals surface area (Å²) >= 11 is 9.27. The number of hydrogen-bond acceptors (Lipinski definition) is 0. The van der Waals surface area contributed by atoms with Crippen LogP contribution in [0.2, 0.25) is 5.02 Å². The Morgan fingerprint density at radius 1 is 0.909 bits per heavy atom. The lowest BCUT2D eigenvalue weighted by molar-refractivity contribution is 0.742. The van der Waals surface area contributed by atoms with Gasteiger partial charge in [-0.1, -0.05) is 41.9 Å². The SMILES string of the molecule is Clc1c(C2=CCCCC2)c(I)cc2cc3ccccc3cc12. The lowest BCUT2D eigenvalue weighted by Crippen LogP contribution is -1.96. The third kappa shape index (κ3) is 2.44. The number of hydrogen-bond donors (Lipinski definition) is 0. The summed E-state index contributed by atoms with van der Waals surface area (Å²) in [7, 11) is 0. The van der Waals surface area contributed by atoms with Crippen LogP contribution in [0.5, 0.6) is 0 Å². The first-order valence-corrected chi connectivity index (χ1v) is 9.19. The minimum atomic E-state index is 0.917. The van der Waals surface area contributed by atoms with E-state index in [1.807, 2.05) is 0 Å². The molecule has 3 aromatic carbocycles. The molecule has 0 amide bonds. The van der Waals surface area contributed by atoms with Gasteiger partial charge in [-0.3, -0.25) is 0 Å². The summed E-state index contributed by atoms with van der Waals surface area (Å²) in [4.78, 5) is 0. The summed E-state index contributed by atoms with van der Waals surface area (Å²) in [5.74, 6) is 0. The molecule has 0 atom stereocenters.